The molecule has 0 saturated carbocycles. The number of hydrogen-bond donors (Lipinski definition) is 1. The lowest BCUT2D eigenvalue weighted by Crippen LogP contribution is -2.46. The van der Waals surface area contributed by atoms with Gasteiger partial charge in [0.2, 0.25) is 0 Å². The fourth-order valence-corrected chi connectivity index (χ4v) is 1.05. The van der Waals surface area contributed by atoms with Gasteiger partial charge in [0.1, 0.15) is 0 Å². The van der Waals surface area contributed by atoms with E-state index in [2.05, 4.69) is 6.58 Å². The maximum atomic E-state index is 10.6. The largest absolute Gasteiger partial charge is 0.480 e. The van der Waals surface area contributed by atoms with Gasteiger partial charge in [0.25, 0.3) is 0 Å². The lowest BCUT2D eigenvalue weighted by atomic mass is 10.2. The Morgan fingerprint density at radius 3 is 3.00 bits per heavy atom. The molecule has 1 aliphatic heterocycles. The van der Waals surface area contributed by atoms with Crippen LogP contribution >= 0.6 is 0 Å². The zero-order chi connectivity index (χ0) is 8.27. The van der Waals surface area contributed by atoms with Crippen molar-refractivity contribution >= 4 is 5.97 Å². The zero-order valence-electron chi connectivity index (χ0n) is 6.19. The van der Waals surface area contributed by atoms with E-state index >= 15 is 0 Å². The van der Waals surface area contributed by atoms with Gasteiger partial charge in [-0.25, -0.2) is 4.79 Å². The molecule has 0 aromatic carbocycles. The highest BCUT2D eigenvalue weighted by atomic mass is 16.5. The molecule has 0 bridgehead atoms. The van der Waals surface area contributed by atoms with Gasteiger partial charge in [-0.15, -0.1) is 0 Å². The van der Waals surface area contributed by atoms with E-state index in [0.717, 1.165) is 0 Å². The third kappa shape index (κ3) is 1.71. The number of carboxylic acids is 1. The Bertz CT molecular complexity index is 169. The van der Waals surface area contributed by atoms with Crippen molar-refractivity contribution in [1.29, 1.82) is 0 Å². The fraction of sp³-hybridized carbons (Fsp3) is 0.571. The number of ether oxygens (including phenoxy) is 1. The molecule has 0 spiro atoms. The minimum atomic E-state index is -0.857. The second kappa shape index (κ2) is 3.39. The minimum Gasteiger partial charge on any atom is -0.480 e. The van der Waals surface area contributed by atoms with Crippen LogP contribution in [0.3, 0.4) is 0 Å². The molecule has 11 heavy (non-hydrogen) atoms. The molecular weight excluding hydrogens is 146 g/mol. The summed E-state index contributed by atoms with van der Waals surface area (Å²) in [6.07, 6.45) is 1.54. The minimum absolute atomic E-state index is 0.251. The van der Waals surface area contributed by atoms with Gasteiger partial charge in [0.15, 0.2) is 6.04 Å². The van der Waals surface area contributed by atoms with Gasteiger partial charge in [-0.05, 0) is 6.20 Å². The molecule has 0 unspecified atom stereocenters. The first-order chi connectivity index (χ1) is 5.25. The van der Waals surface area contributed by atoms with Crippen LogP contribution in [0.2, 0.25) is 0 Å². The van der Waals surface area contributed by atoms with Crippen molar-refractivity contribution in [1.82, 2.24) is 4.90 Å². The van der Waals surface area contributed by atoms with E-state index in [1.165, 1.54) is 0 Å². The predicted octanol–water partition coefficient (Wildman–Crippen LogP) is -0.0847. The standard InChI is InChI=1S/C7H11NO3/c1-2-8-3-4-11-5-6(8)7(9)10/h2,6H,1,3-5H2,(H,9,10)/t6-/m0/s1. The molecule has 1 atom stereocenters. The topological polar surface area (TPSA) is 49.8 Å². The number of morpholine rings is 1. The zero-order valence-corrected chi connectivity index (χ0v) is 6.19. The maximum Gasteiger partial charge on any atom is 0.328 e. The first-order valence-electron chi connectivity index (χ1n) is 3.44. The molecule has 1 rings (SSSR count). The van der Waals surface area contributed by atoms with Crippen LogP contribution in [0.15, 0.2) is 12.8 Å². The van der Waals surface area contributed by atoms with E-state index in [1.807, 2.05) is 0 Å². The van der Waals surface area contributed by atoms with Crippen molar-refractivity contribution in [3.63, 3.8) is 0 Å². The summed E-state index contributed by atoms with van der Waals surface area (Å²) in [6.45, 7) is 4.97. The van der Waals surface area contributed by atoms with Crippen LogP contribution in [0.25, 0.3) is 0 Å². The van der Waals surface area contributed by atoms with Crippen molar-refractivity contribution in [2.45, 2.75) is 6.04 Å². The lowest BCUT2D eigenvalue weighted by molar-refractivity contribution is -0.147. The Labute approximate surface area is 65.1 Å². The van der Waals surface area contributed by atoms with Crippen LogP contribution < -0.4 is 0 Å². The van der Waals surface area contributed by atoms with Gasteiger partial charge in [0.05, 0.1) is 13.2 Å². The number of rotatable bonds is 2. The quantitative estimate of drug-likeness (QED) is 0.609. The molecule has 1 N–H and O–H groups in total. The van der Waals surface area contributed by atoms with Gasteiger partial charge >= 0.3 is 5.97 Å². The van der Waals surface area contributed by atoms with Crippen LogP contribution in [0.1, 0.15) is 0 Å². The van der Waals surface area contributed by atoms with Crippen molar-refractivity contribution < 1.29 is 14.6 Å². The molecule has 1 aliphatic rings. The molecule has 1 heterocycles. The van der Waals surface area contributed by atoms with E-state index in [4.69, 9.17) is 9.84 Å². The Balaban J connectivity index is 2.58. The summed E-state index contributed by atoms with van der Waals surface area (Å²) in [7, 11) is 0. The van der Waals surface area contributed by atoms with E-state index in [9.17, 15) is 4.79 Å². The summed E-state index contributed by atoms with van der Waals surface area (Å²) in [5.41, 5.74) is 0. The van der Waals surface area contributed by atoms with Crippen LogP contribution in [-0.2, 0) is 9.53 Å². The Morgan fingerprint density at radius 1 is 1.82 bits per heavy atom. The molecule has 62 valence electrons. The van der Waals surface area contributed by atoms with E-state index in [-0.39, 0.29) is 6.61 Å². The molecule has 4 nitrogen and oxygen atoms in total. The van der Waals surface area contributed by atoms with Crippen LogP contribution in [0.5, 0.6) is 0 Å². The Hall–Kier alpha value is -1.03. The highest BCUT2D eigenvalue weighted by molar-refractivity contribution is 5.73. The summed E-state index contributed by atoms with van der Waals surface area (Å²) >= 11 is 0. The smallest absolute Gasteiger partial charge is 0.328 e. The SMILES string of the molecule is C=CN1CCOC[C@H]1C(=O)O. The van der Waals surface area contributed by atoms with E-state index in [0.29, 0.717) is 13.2 Å². The average Bonchev–Trinajstić information content (AvgIpc) is 2.04. The average molecular weight is 157 g/mol. The van der Waals surface area contributed by atoms with E-state index < -0.39 is 12.0 Å². The molecule has 0 aromatic heterocycles. The lowest BCUT2D eigenvalue weighted by Gasteiger charge is -2.31. The predicted molar refractivity (Wildman–Crippen MR) is 39.1 cm³/mol. The molecule has 0 aliphatic carbocycles. The first-order valence-corrected chi connectivity index (χ1v) is 3.44. The second-order valence-corrected chi connectivity index (χ2v) is 2.35. The third-order valence-corrected chi connectivity index (χ3v) is 1.69. The first kappa shape index (κ1) is 8.07. The number of carboxylic acid groups (broad SMARTS) is 1. The Morgan fingerprint density at radius 2 is 2.55 bits per heavy atom. The van der Waals surface area contributed by atoms with Crippen molar-refractivity contribution in [3.05, 3.63) is 12.8 Å². The highest BCUT2D eigenvalue weighted by Gasteiger charge is 2.26. The van der Waals surface area contributed by atoms with Gasteiger partial charge in [-0.1, -0.05) is 6.58 Å². The molecular formula is C7H11NO3. The van der Waals surface area contributed by atoms with Gasteiger partial charge in [-0.3, -0.25) is 0 Å². The van der Waals surface area contributed by atoms with Gasteiger partial charge in [-0.2, -0.15) is 0 Å². The monoisotopic (exact) mass is 157 g/mol. The third-order valence-electron chi connectivity index (χ3n) is 1.69. The van der Waals surface area contributed by atoms with Gasteiger partial charge < -0.3 is 14.7 Å². The van der Waals surface area contributed by atoms with E-state index in [1.54, 1.807) is 11.1 Å². The summed E-state index contributed by atoms with van der Waals surface area (Å²) in [5, 5.41) is 8.67. The van der Waals surface area contributed by atoms with Crippen molar-refractivity contribution in [2.24, 2.45) is 0 Å². The van der Waals surface area contributed by atoms with Crippen LogP contribution in [0.4, 0.5) is 0 Å². The molecule has 0 aromatic rings. The van der Waals surface area contributed by atoms with Crippen molar-refractivity contribution in [3.8, 4) is 0 Å². The molecule has 0 amide bonds. The normalized spacial score (nSPS) is 24.7. The second-order valence-electron chi connectivity index (χ2n) is 2.35. The number of aliphatic carboxylic acids is 1. The summed E-state index contributed by atoms with van der Waals surface area (Å²) in [4.78, 5) is 12.2. The summed E-state index contributed by atoms with van der Waals surface area (Å²) < 4.78 is 5.01. The number of nitrogens with zero attached hydrogens (tertiary/aromatic N) is 1. The summed E-state index contributed by atoms with van der Waals surface area (Å²) in [6, 6.07) is -0.554. The Kier molecular flexibility index (Phi) is 2.48. The molecule has 0 radical (unpaired) electrons. The van der Waals surface area contributed by atoms with Crippen LogP contribution in [0, 0.1) is 0 Å². The fourth-order valence-electron chi connectivity index (χ4n) is 1.05. The van der Waals surface area contributed by atoms with Crippen LogP contribution in [-0.4, -0.2) is 41.8 Å². The van der Waals surface area contributed by atoms with Crippen molar-refractivity contribution in [2.75, 3.05) is 19.8 Å². The summed E-state index contributed by atoms with van der Waals surface area (Å²) in [5.74, 6) is -0.857. The maximum absolute atomic E-state index is 10.6. The van der Waals surface area contributed by atoms with Gasteiger partial charge in [0, 0.05) is 6.54 Å². The molecule has 4 heteroatoms. The number of carbonyl (C=O) groups is 1. The highest BCUT2D eigenvalue weighted by Crippen LogP contribution is 2.06. The molecule has 1 saturated heterocycles. The number of hydrogen-bond acceptors (Lipinski definition) is 3. The molecule has 1 fully saturated rings.